The van der Waals surface area contributed by atoms with E-state index in [1.165, 1.54) is 0 Å². The van der Waals surface area contributed by atoms with Gasteiger partial charge in [-0.25, -0.2) is 0 Å². The van der Waals surface area contributed by atoms with Gasteiger partial charge in [0, 0.05) is 32.8 Å². The van der Waals surface area contributed by atoms with Crippen LogP contribution in [0.2, 0.25) is 0 Å². The molecule has 102 valence electrons. The molecule has 2 rings (SSSR count). The molecule has 0 bridgehead atoms. The van der Waals surface area contributed by atoms with E-state index in [-0.39, 0.29) is 6.10 Å². The molecule has 0 amide bonds. The zero-order valence-electron chi connectivity index (χ0n) is 11.2. The van der Waals surface area contributed by atoms with Gasteiger partial charge in [-0.15, -0.1) is 0 Å². The van der Waals surface area contributed by atoms with Crippen LogP contribution >= 0.6 is 0 Å². The van der Waals surface area contributed by atoms with Gasteiger partial charge in [-0.05, 0) is 19.0 Å². The van der Waals surface area contributed by atoms with Crippen LogP contribution < -0.4 is 0 Å². The zero-order chi connectivity index (χ0) is 13.0. The number of aromatic nitrogens is 2. The average Bonchev–Trinajstić information content (AvgIpc) is 2.75. The molecule has 1 aliphatic heterocycles. The van der Waals surface area contributed by atoms with Gasteiger partial charge in [0.2, 0.25) is 0 Å². The van der Waals surface area contributed by atoms with E-state index >= 15 is 0 Å². The van der Waals surface area contributed by atoms with Gasteiger partial charge in [0.15, 0.2) is 0 Å². The average molecular weight is 253 g/mol. The lowest BCUT2D eigenvalue weighted by Crippen LogP contribution is -2.48. The van der Waals surface area contributed by atoms with E-state index < -0.39 is 6.10 Å². The molecule has 0 aliphatic carbocycles. The lowest BCUT2D eigenvalue weighted by Gasteiger charge is -2.34. The fraction of sp³-hybridized carbons (Fsp3) is 0.769. The van der Waals surface area contributed by atoms with Crippen molar-refractivity contribution in [3.8, 4) is 0 Å². The van der Waals surface area contributed by atoms with Gasteiger partial charge < -0.3 is 9.84 Å². The summed E-state index contributed by atoms with van der Waals surface area (Å²) in [5.41, 5.74) is 0.918. The lowest BCUT2D eigenvalue weighted by molar-refractivity contribution is -0.0879. The number of rotatable bonds is 5. The van der Waals surface area contributed by atoms with E-state index in [1.54, 1.807) is 4.68 Å². The van der Waals surface area contributed by atoms with Crippen LogP contribution in [0.3, 0.4) is 0 Å². The first-order valence-corrected chi connectivity index (χ1v) is 6.69. The summed E-state index contributed by atoms with van der Waals surface area (Å²) in [6.07, 6.45) is 3.04. The first-order valence-electron chi connectivity index (χ1n) is 6.69. The molecule has 5 heteroatoms. The molecule has 18 heavy (non-hydrogen) atoms. The maximum Gasteiger partial charge on any atom is 0.0964 e. The molecule has 2 heterocycles. The van der Waals surface area contributed by atoms with E-state index in [0.29, 0.717) is 13.0 Å². The van der Waals surface area contributed by atoms with Crippen LogP contribution in [0.25, 0.3) is 0 Å². The third-order valence-corrected chi connectivity index (χ3v) is 3.33. The van der Waals surface area contributed by atoms with Gasteiger partial charge in [0.25, 0.3) is 0 Å². The van der Waals surface area contributed by atoms with Crippen LogP contribution in [0.1, 0.15) is 19.0 Å². The van der Waals surface area contributed by atoms with Crippen molar-refractivity contribution in [1.29, 1.82) is 0 Å². The maximum absolute atomic E-state index is 10.2. The standard InChI is InChI=1S/C13H23N3O2/c1-3-5-16-7-8-18-13(10-16)12(17)9-11-4-6-15(2)14-11/h4,6,12-13,17H,3,5,7-10H2,1-2H3. The van der Waals surface area contributed by atoms with Gasteiger partial charge in [-0.1, -0.05) is 6.92 Å². The Morgan fingerprint density at radius 2 is 2.44 bits per heavy atom. The second kappa shape index (κ2) is 6.31. The maximum atomic E-state index is 10.2. The molecular formula is C13H23N3O2. The van der Waals surface area contributed by atoms with Crippen LogP contribution in [-0.4, -0.2) is 58.2 Å². The summed E-state index contributed by atoms with van der Waals surface area (Å²) in [6, 6.07) is 1.94. The molecule has 0 spiro atoms. The quantitative estimate of drug-likeness (QED) is 0.827. The van der Waals surface area contributed by atoms with E-state index in [4.69, 9.17) is 4.74 Å². The SMILES string of the molecule is CCCN1CCOC(C(O)Cc2ccn(C)n2)C1. The summed E-state index contributed by atoms with van der Waals surface area (Å²) >= 11 is 0. The molecule has 1 saturated heterocycles. The second-order valence-corrected chi connectivity index (χ2v) is 4.96. The van der Waals surface area contributed by atoms with E-state index in [0.717, 1.165) is 31.7 Å². The van der Waals surface area contributed by atoms with Crippen LogP contribution in [0.4, 0.5) is 0 Å². The Morgan fingerprint density at radius 1 is 1.61 bits per heavy atom. The Kier molecular flexibility index (Phi) is 4.74. The molecule has 1 fully saturated rings. The molecule has 2 unspecified atom stereocenters. The van der Waals surface area contributed by atoms with Crippen molar-refractivity contribution in [2.24, 2.45) is 7.05 Å². The van der Waals surface area contributed by atoms with Crippen molar-refractivity contribution in [2.75, 3.05) is 26.2 Å². The van der Waals surface area contributed by atoms with Gasteiger partial charge >= 0.3 is 0 Å². The summed E-state index contributed by atoms with van der Waals surface area (Å²) in [7, 11) is 1.88. The van der Waals surface area contributed by atoms with Crippen LogP contribution in [0, 0.1) is 0 Å². The highest BCUT2D eigenvalue weighted by molar-refractivity contribution is 5.01. The molecule has 5 nitrogen and oxygen atoms in total. The molecular weight excluding hydrogens is 230 g/mol. The van der Waals surface area contributed by atoms with Crippen molar-refractivity contribution in [2.45, 2.75) is 32.0 Å². The monoisotopic (exact) mass is 253 g/mol. The highest BCUT2D eigenvalue weighted by Crippen LogP contribution is 2.12. The molecule has 0 radical (unpaired) electrons. The largest absolute Gasteiger partial charge is 0.390 e. The summed E-state index contributed by atoms with van der Waals surface area (Å²) < 4.78 is 7.43. The Bertz CT molecular complexity index is 365. The Labute approximate surface area is 108 Å². The lowest BCUT2D eigenvalue weighted by atomic mass is 10.1. The number of aryl methyl sites for hydroxylation is 1. The number of nitrogens with zero attached hydrogens (tertiary/aromatic N) is 3. The van der Waals surface area contributed by atoms with Crippen molar-refractivity contribution in [3.63, 3.8) is 0 Å². The normalized spacial score (nSPS) is 23.2. The molecule has 0 saturated carbocycles. The van der Waals surface area contributed by atoms with Gasteiger partial charge in [-0.3, -0.25) is 9.58 Å². The minimum atomic E-state index is -0.473. The molecule has 0 aromatic carbocycles. The van der Waals surface area contributed by atoms with Crippen molar-refractivity contribution < 1.29 is 9.84 Å². The zero-order valence-corrected chi connectivity index (χ0v) is 11.2. The molecule has 1 N–H and O–H groups in total. The minimum absolute atomic E-state index is 0.0905. The van der Waals surface area contributed by atoms with E-state index in [1.807, 2.05) is 19.3 Å². The van der Waals surface area contributed by atoms with Gasteiger partial charge in [0.05, 0.1) is 24.5 Å². The minimum Gasteiger partial charge on any atom is -0.390 e. The van der Waals surface area contributed by atoms with Crippen molar-refractivity contribution in [1.82, 2.24) is 14.7 Å². The van der Waals surface area contributed by atoms with Crippen LogP contribution in [0.5, 0.6) is 0 Å². The van der Waals surface area contributed by atoms with Crippen LogP contribution in [-0.2, 0) is 18.2 Å². The topological polar surface area (TPSA) is 50.5 Å². The summed E-state index contributed by atoms with van der Waals surface area (Å²) in [4.78, 5) is 2.36. The first kappa shape index (κ1) is 13.5. The summed E-state index contributed by atoms with van der Waals surface area (Å²) in [5.74, 6) is 0. The highest BCUT2D eigenvalue weighted by Gasteiger charge is 2.26. The van der Waals surface area contributed by atoms with E-state index in [9.17, 15) is 5.11 Å². The predicted octanol–water partition coefficient (Wildman–Crippen LogP) is 0.434. The third-order valence-electron chi connectivity index (χ3n) is 3.33. The highest BCUT2D eigenvalue weighted by atomic mass is 16.5. The van der Waals surface area contributed by atoms with Crippen molar-refractivity contribution in [3.05, 3.63) is 18.0 Å². The molecule has 1 aromatic heterocycles. The summed E-state index contributed by atoms with van der Waals surface area (Å²) in [6.45, 7) is 5.76. The van der Waals surface area contributed by atoms with Crippen molar-refractivity contribution >= 4 is 0 Å². The van der Waals surface area contributed by atoms with Crippen LogP contribution in [0.15, 0.2) is 12.3 Å². The Hall–Kier alpha value is -0.910. The smallest absolute Gasteiger partial charge is 0.0964 e. The molecule has 1 aliphatic rings. The number of ether oxygens (including phenoxy) is 1. The van der Waals surface area contributed by atoms with Gasteiger partial charge in [-0.2, -0.15) is 5.10 Å². The molecule has 2 atom stereocenters. The second-order valence-electron chi connectivity index (χ2n) is 4.96. The van der Waals surface area contributed by atoms with E-state index in [2.05, 4.69) is 16.9 Å². The number of aliphatic hydroxyl groups excluding tert-OH is 1. The Morgan fingerprint density at radius 3 is 3.11 bits per heavy atom. The fourth-order valence-corrected chi connectivity index (χ4v) is 2.40. The number of morpholine rings is 1. The number of aliphatic hydroxyl groups is 1. The number of hydrogen-bond acceptors (Lipinski definition) is 4. The Balaban J connectivity index is 1.86. The fourth-order valence-electron chi connectivity index (χ4n) is 2.40. The summed E-state index contributed by atoms with van der Waals surface area (Å²) in [5, 5.41) is 14.5. The third kappa shape index (κ3) is 3.54. The van der Waals surface area contributed by atoms with Gasteiger partial charge in [0.1, 0.15) is 0 Å². The molecule has 1 aromatic rings. The number of hydrogen-bond donors (Lipinski definition) is 1. The predicted molar refractivity (Wildman–Crippen MR) is 69.4 cm³/mol. The first-order chi connectivity index (χ1) is 8.69.